The summed E-state index contributed by atoms with van der Waals surface area (Å²) in [6, 6.07) is 0. The lowest BCUT2D eigenvalue weighted by atomic mass is 10.4. The fourth-order valence-corrected chi connectivity index (χ4v) is 1.33. The quantitative estimate of drug-likeness (QED) is 0.582. The molecule has 0 saturated heterocycles. The van der Waals surface area contributed by atoms with Crippen molar-refractivity contribution in [1.29, 1.82) is 0 Å². The van der Waals surface area contributed by atoms with Crippen LogP contribution in [0.4, 0.5) is 0 Å². The first-order chi connectivity index (χ1) is 4.38. The minimum atomic E-state index is 0.697. The molecule has 0 atom stereocenters. The second-order valence-corrected chi connectivity index (χ2v) is 2.51. The Balaban J connectivity index is 2.81. The molecule has 0 aromatic carbocycles. The molecule has 0 amide bonds. The van der Waals surface area contributed by atoms with Gasteiger partial charge in [-0.2, -0.15) is 0 Å². The molecule has 0 saturated carbocycles. The summed E-state index contributed by atoms with van der Waals surface area (Å²) >= 11 is 1.64. The molecule has 0 spiro atoms. The lowest BCUT2D eigenvalue weighted by Gasteiger charge is -1.91. The Kier molecular flexibility index (Phi) is 2.01. The molecule has 0 N–H and O–H groups in total. The van der Waals surface area contributed by atoms with E-state index in [1.807, 2.05) is 0 Å². The molecule has 0 radical (unpaired) electrons. The van der Waals surface area contributed by atoms with Crippen molar-refractivity contribution < 1.29 is 4.74 Å². The average Bonchev–Trinajstić information content (AvgIpc) is 2.33. The van der Waals surface area contributed by atoms with E-state index in [4.69, 9.17) is 4.74 Å². The van der Waals surface area contributed by atoms with E-state index in [0.29, 0.717) is 5.94 Å². The van der Waals surface area contributed by atoms with Gasteiger partial charge < -0.3 is 4.74 Å². The second kappa shape index (κ2) is 2.78. The normalized spacial score (nSPS) is 17.3. The van der Waals surface area contributed by atoms with Crippen molar-refractivity contribution in [3.8, 4) is 0 Å². The Bertz CT molecular complexity index is 152. The summed E-state index contributed by atoms with van der Waals surface area (Å²) in [6.07, 6.45) is 3.49. The standard InChI is InChI=1S/C7H8OS/c1-3-6-7(4-2)9-5-8-6/h3-4H,1-2,5H2. The molecule has 0 fully saturated rings. The van der Waals surface area contributed by atoms with Crippen LogP contribution in [0.3, 0.4) is 0 Å². The van der Waals surface area contributed by atoms with E-state index >= 15 is 0 Å². The topological polar surface area (TPSA) is 9.23 Å². The second-order valence-electron chi connectivity index (χ2n) is 1.54. The highest BCUT2D eigenvalue weighted by atomic mass is 32.2. The van der Waals surface area contributed by atoms with Crippen LogP contribution in [0.15, 0.2) is 36.0 Å². The number of ether oxygens (including phenoxy) is 1. The third-order valence-corrected chi connectivity index (χ3v) is 1.96. The number of allylic oxidation sites excluding steroid dienone is 2. The maximum Gasteiger partial charge on any atom is 0.138 e. The third-order valence-electron chi connectivity index (χ3n) is 1.04. The van der Waals surface area contributed by atoms with E-state index < -0.39 is 0 Å². The van der Waals surface area contributed by atoms with Crippen LogP contribution >= 0.6 is 11.8 Å². The molecule has 48 valence electrons. The molecule has 1 nitrogen and oxygen atoms in total. The molecule has 1 aliphatic heterocycles. The van der Waals surface area contributed by atoms with E-state index in [0.717, 1.165) is 10.7 Å². The van der Waals surface area contributed by atoms with Crippen LogP contribution in [0.25, 0.3) is 0 Å². The largest absolute Gasteiger partial charge is 0.481 e. The molecular weight excluding hydrogens is 132 g/mol. The Morgan fingerprint density at radius 3 is 2.67 bits per heavy atom. The maximum absolute atomic E-state index is 5.16. The van der Waals surface area contributed by atoms with Crippen LogP contribution in [0.5, 0.6) is 0 Å². The van der Waals surface area contributed by atoms with Gasteiger partial charge in [0.05, 0.1) is 4.91 Å². The highest BCUT2D eigenvalue weighted by Crippen LogP contribution is 2.29. The zero-order valence-electron chi connectivity index (χ0n) is 5.09. The van der Waals surface area contributed by atoms with E-state index in [1.165, 1.54) is 0 Å². The highest BCUT2D eigenvalue weighted by molar-refractivity contribution is 8.03. The minimum absolute atomic E-state index is 0.697. The minimum Gasteiger partial charge on any atom is -0.481 e. The van der Waals surface area contributed by atoms with Gasteiger partial charge in [-0.05, 0) is 6.08 Å². The maximum atomic E-state index is 5.16. The number of thioether (sulfide) groups is 1. The van der Waals surface area contributed by atoms with Gasteiger partial charge in [0.25, 0.3) is 0 Å². The molecular formula is C7H8OS. The first-order valence-corrected chi connectivity index (χ1v) is 3.62. The van der Waals surface area contributed by atoms with Crippen molar-refractivity contribution in [1.82, 2.24) is 0 Å². The highest BCUT2D eigenvalue weighted by Gasteiger charge is 2.09. The first-order valence-electron chi connectivity index (χ1n) is 2.63. The smallest absolute Gasteiger partial charge is 0.138 e. The molecule has 1 heterocycles. The zero-order chi connectivity index (χ0) is 6.69. The predicted molar refractivity (Wildman–Crippen MR) is 41.0 cm³/mol. The summed E-state index contributed by atoms with van der Waals surface area (Å²) in [5.74, 6) is 1.55. The zero-order valence-corrected chi connectivity index (χ0v) is 5.91. The Hall–Kier alpha value is -0.630. The fraction of sp³-hybridized carbons (Fsp3) is 0.143. The Morgan fingerprint density at radius 2 is 2.22 bits per heavy atom. The van der Waals surface area contributed by atoms with Gasteiger partial charge in [0.15, 0.2) is 0 Å². The molecule has 1 aliphatic rings. The first kappa shape index (κ1) is 6.49. The Morgan fingerprint density at radius 1 is 1.44 bits per heavy atom. The summed E-state index contributed by atoms with van der Waals surface area (Å²) in [5, 5.41) is 0. The van der Waals surface area contributed by atoms with Gasteiger partial charge in [0.2, 0.25) is 0 Å². The molecule has 0 aromatic heterocycles. The van der Waals surface area contributed by atoms with Crippen LogP contribution in [0.2, 0.25) is 0 Å². The molecule has 0 unspecified atom stereocenters. The number of rotatable bonds is 2. The molecule has 0 bridgehead atoms. The van der Waals surface area contributed by atoms with Crippen molar-refractivity contribution in [3.63, 3.8) is 0 Å². The van der Waals surface area contributed by atoms with E-state index in [-0.39, 0.29) is 0 Å². The van der Waals surface area contributed by atoms with Crippen molar-refractivity contribution in [2.45, 2.75) is 0 Å². The van der Waals surface area contributed by atoms with Crippen molar-refractivity contribution in [3.05, 3.63) is 36.0 Å². The summed E-state index contributed by atoms with van der Waals surface area (Å²) < 4.78 is 5.16. The summed E-state index contributed by atoms with van der Waals surface area (Å²) in [5.41, 5.74) is 0. The lowest BCUT2D eigenvalue weighted by Crippen LogP contribution is -1.77. The van der Waals surface area contributed by atoms with Crippen LogP contribution in [-0.2, 0) is 4.74 Å². The predicted octanol–water partition coefficient (Wildman–Crippen LogP) is 2.29. The van der Waals surface area contributed by atoms with Gasteiger partial charge in [-0.25, -0.2) is 0 Å². The van der Waals surface area contributed by atoms with Gasteiger partial charge in [0, 0.05) is 0 Å². The molecule has 0 aliphatic carbocycles. The SMILES string of the molecule is C=CC1=C(C=C)SCO1. The van der Waals surface area contributed by atoms with Crippen LogP contribution in [-0.4, -0.2) is 5.94 Å². The summed E-state index contributed by atoms with van der Waals surface area (Å²) in [4.78, 5) is 1.09. The van der Waals surface area contributed by atoms with Crippen LogP contribution in [0.1, 0.15) is 0 Å². The van der Waals surface area contributed by atoms with Gasteiger partial charge in [-0.1, -0.05) is 31.0 Å². The summed E-state index contributed by atoms with van der Waals surface area (Å²) in [7, 11) is 0. The third kappa shape index (κ3) is 1.19. The fourth-order valence-electron chi connectivity index (χ4n) is 0.618. The molecule has 0 aromatic rings. The van der Waals surface area contributed by atoms with Gasteiger partial charge in [-0.15, -0.1) is 0 Å². The lowest BCUT2D eigenvalue weighted by molar-refractivity contribution is 0.295. The van der Waals surface area contributed by atoms with Crippen molar-refractivity contribution in [2.75, 3.05) is 5.94 Å². The van der Waals surface area contributed by atoms with Crippen molar-refractivity contribution >= 4 is 11.8 Å². The Labute approximate surface area is 59.1 Å². The number of hydrogen-bond acceptors (Lipinski definition) is 2. The van der Waals surface area contributed by atoms with E-state index in [9.17, 15) is 0 Å². The van der Waals surface area contributed by atoms with Crippen molar-refractivity contribution in [2.24, 2.45) is 0 Å². The monoisotopic (exact) mass is 140 g/mol. The molecule has 9 heavy (non-hydrogen) atoms. The van der Waals surface area contributed by atoms with E-state index in [2.05, 4.69) is 13.2 Å². The average molecular weight is 140 g/mol. The molecule has 2 heteroatoms. The van der Waals surface area contributed by atoms with Crippen LogP contribution in [0, 0.1) is 0 Å². The van der Waals surface area contributed by atoms with Gasteiger partial charge >= 0.3 is 0 Å². The van der Waals surface area contributed by atoms with E-state index in [1.54, 1.807) is 23.9 Å². The summed E-state index contributed by atoms with van der Waals surface area (Å²) in [6.45, 7) is 7.23. The number of hydrogen-bond donors (Lipinski definition) is 0. The van der Waals surface area contributed by atoms with Crippen LogP contribution < -0.4 is 0 Å². The molecule has 1 rings (SSSR count). The van der Waals surface area contributed by atoms with Gasteiger partial charge in [0.1, 0.15) is 11.7 Å². The van der Waals surface area contributed by atoms with Gasteiger partial charge in [-0.3, -0.25) is 0 Å².